The van der Waals surface area contributed by atoms with Gasteiger partial charge in [-0.15, -0.1) is 17.5 Å². The number of phenols is 1. The zero-order valence-corrected chi connectivity index (χ0v) is 17.6. The molecule has 2 aromatic rings. The number of phenolic OH excluding ortho intramolecular Hbond substituents is 1. The second kappa shape index (κ2) is 9.09. The van der Waals surface area contributed by atoms with Crippen LogP contribution in [0.3, 0.4) is 0 Å². The van der Waals surface area contributed by atoms with Gasteiger partial charge in [-0.2, -0.15) is 0 Å². The summed E-state index contributed by atoms with van der Waals surface area (Å²) in [6, 6.07) is 5.02. The van der Waals surface area contributed by atoms with Crippen molar-refractivity contribution in [2.24, 2.45) is 5.10 Å². The smallest absolute Gasteiger partial charge is 0.264 e. The molecule has 11 heteroatoms. The summed E-state index contributed by atoms with van der Waals surface area (Å²) >= 11 is 2.32. The molecule has 8 nitrogen and oxygen atoms in total. The minimum Gasteiger partial charge on any atom is -0.504 e. The molecular weight excluding hydrogens is 424 g/mol. The number of nitrogens with one attached hydrogen (secondary N) is 2. The van der Waals surface area contributed by atoms with Crippen molar-refractivity contribution in [1.82, 2.24) is 10.3 Å². The maximum atomic E-state index is 12.1. The number of thioether (sulfide) groups is 1. The predicted molar refractivity (Wildman–Crippen MR) is 114 cm³/mol. The molecule has 0 saturated carbocycles. The Bertz CT molecular complexity index is 988. The lowest BCUT2D eigenvalue weighted by Gasteiger charge is -2.05. The summed E-state index contributed by atoms with van der Waals surface area (Å²) in [6.07, 6.45) is 1.56. The number of halogens is 1. The van der Waals surface area contributed by atoms with E-state index < -0.39 is 0 Å². The maximum absolute atomic E-state index is 12.1. The van der Waals surface area contributed by atoms with E-state index in [1.54, 1.807) is 31.2 Å². The van der Waals surface area contributed by atoms with Crippen LogP contribution in [0.2, 0.25) is 0 Å². The zero-order chi connectivity index (χ0) is 19.6. The van der Waals surface area contributed by atoms with Gasteiger partial charge in [0.1, 0.15) is 0 Å². The minimum absolute atomic E-state index is 0. The standard InChI is InChI=1S/C17H16N4O4S2.ClH/c1-8-14(9(2)22)27-16(18-8)20-21-17-19-15(24)12(26-17)7-10-5-4-6-11(25-3)13(10)23;/h4-7,23H,1-3H3,(H,18,20)(H,19,21,24);1H. The molecule has 0 unspecified atom stereocenters. The summed E-state index contributed by atoms with van der Waals surface area (Å²) in [4.78, 5) is 28.8. The third-order valence-corrected chi connectivity index (χ3v) is 5.63. The van der Waals surface area contributed by atoms with E-state index in [1.807, 2.05) is 0 Å². The molecule has 28 heavy (non-hydrogen) atoms. The molecule has 1 saturated heterocycles. The second-order valence-electron chi connectivity index (χ2n) is 5.48. The van der Waals surface area contributed by atoms with Crippen molar-refractivity contribution in [2.75, 3.05) is 12.5 Å². The number of nitrogens with zero attached hydrogens (tertiary/aromatic N) is 2. The van der Waals surface area contributed by atoms with Crippen molar-refractivity contribution in [3.63, 3.8) is 0 Å². The van der Waals surface area contributed by atoms with Gasteiger partial charge in [0, 0.05) is 12.5 Å². The molecule has 1 aliphatic heterocycles. The molecule has 148 valence electrons. The number of thiazole rings is 1. The normalized spacial score (nSPS) is 16.0. The van der Waals surface area contributed by atoms with E-state index in [0.717, 1.165) is 11.8 Å². The number of carbonyl (C=O) groups is 2. The Morgan fingerprint density at radius 3 is 2.82 bits per heavy atom. The number of hydrazone groups is 1. The van der Waals surface area contributed by atoms with Crippen LogP contribution in [0, 0.1) is 6.92 Å². The molecule has 1 amide bonds. The number of aryl methyl sites for hydroxylation is 1. The number of methoxy groups -OCH3 is 1. The van der Waals surface area contributed by atoms with E-state index >= 15 is 0 Å². The van der Waals surface area contributed by atoms with Crippen molar-refractivity contribution in [2.45, 2.75) is 13.8 Å². The first kappa shape index (κ1) is 21.7. The van der Waals surface area contributed by atoms with Crippen molar-refractivity contribution in [3.8, 4) is 11.5 Å². The van der Waals surface area contributed by atoms with E-state index in [0.29, 0.717) is 37.1 Å². The average Bonchev–Trinajstić information content (AvgIpc) is 3.17. The molecule has 0 bridgehead atoms. The number of carbonyl (C=O) groups excluding carboxylic acids is 2. The van der Waals surface area contributed by atoms with Crippen LogP contribution < -0.4 is 15.5 Å². The first-order valence-electron chi connectivity index (χ1n) is 7.78. The fourth-order valence-corrected chi connectivity index (χ4v) is 3.89. The monoisotopic (exact) mass is 440 g/mol. The van der Waals surface area contributed by atoms with Gasteiger partial charge in [0.2, 0.25) is 5.13 Å². The Kier molecular flexibility index (Phi) is 7.05. The molecule has 1 aromatic heterocycles. The number of ether oxygens (including phenoxy) is 1. The Labute approximate surface area is 175 Å². The number of benzene rings is 1. The van der Waals surface area contributed by atoms with Crippen molar-refractivity contribution in [1.29, 1.82) is 0 Å². The van der Waals surface area contributed by atoms with Gasteiger partial charge >= 0.3 is 0 Å². The van der Waals surface area contributed by atoms with Crippen LogP contribution in [-0.2, 0) is 4.79 Å². The largest absolute Gasteiger partial charge is 0.504 e. The summed E-state index contributed by atoms with van der Waals surface area (Å²) in [5.41, 5.74) is 3.84. The van der Waals surface area contributed by atoms with Gasteiger partial charge in [-0.1, -0.05) is 23.5 Å². The van der Waals surface area contributed by atoms with Crippen LogP contribution in [-0.4, -0.2) is 34.1 Å². The number of aromatic hydroxyl groups is 1. The molecule has 3 N–H and O–H groups in total. The lowest BCUT2D eigenvalue weighted by Crippen LogP contribution is -2.20. The number of Topliss-reactive ketones (excluding diaryl/α,β-unsaturated/α-hetero) is 1. The molecule has 1 aromatic carbocycles. The molecule has 0 atom stereocenters. The average molecular weight is 441 g/mol. The van der Waals surface area contributed by atoms with E-state index in [-0.39, 0.29) is 29.8 Å². The number of para-hydroxylation sites is 1. The van der Waals surface area contributed by atoms with E-state index in [9.17, 15) is 14.7 Å². The summed E-state index contributed by atoms with van der Waals surface area (Å²) in [5.74, 6) is -0.108. The number of hydrogen-bond donors (Lipinski definition) is 3. The molecular formula is C17H17ClN4O4S2. The van der Waals surface area contributed by atoms with E-state index in [4.69, 9.17) is 4.74 Å². The van der Waals surface area contributed by atoms with Crippen LogP contribution >= 0.6 is 35.5 Å². The van der Waals surface area contributed by atoms with Gasteiger partial charge in [-0.25, -0.2) is 4.98 Å². The maximum Gasteiger partial charge on any atom is 0.264 e. The van der Waals surface area contributed by atoms with Crippen LogP contribution in [0.1, 0.15) is 27.9 Å². The molecule has 0 spiro atoms. The fourth-order valence-electron chi connectivity index (χ4n) is 2.31. The third-order valence-electron chi connectivity index (χ3n) is 3.56. The lowest BCUT2D eigenvalue weighted by molar-refractivity contribution is -0.115. The number of aromatic nitrogens is 1. The van der Waals surface area contributed by atoms with Gasteiger partial charge in [-0.3, -0.25) is 20.3 Å². The molecule has 2 heterocycles. The second-order valence-corrected chi connectivity index (χ2v) is 7.51. The number of anilines is 1. The molecule has 1 aliphatic rings. The first-order valence-corrected chi connectivity index (χ1v) is 9.41. The SMILES string of the molecule is COc1cccc(C=C2SC(=NNc3nc(C)c(C(C)=O)s3)NC2=O)c1O.Cl. The van der Waals surface area contributed by atoms with Gasteiger partial charge in [0.15, 0.2) is 22.4 Å². The number of rotatable bonds is 5. The summed E-state index contributed by atoms with van der Waals surface area (Å²) < 4.78 is 5.06. The quantitative estimate of drug-likeness (QED) is 0.371. The highest BCUT2D eigenvalue weighted by Crippen LogP contribution is 2.34. The number of ketones is 1. The van der Waals surface area contributed by atoms with Crippen LogP contribution in [0.4, 0.5) is 5.13 Å². The topological polar surface area (TPSA) is 113 Å². The Hall–Kier alpha value is -2.56. The Morgan fingerprint density at radius 1 is 1.43 bits per heavy atom. The fraction of sp³-hybridized carbons (Fsp3) is 0.176. The Balaban J connectivity index is 0.00000280. The zero-order valence-electron chi connectivity index (χ0n) is 15.1. The number of amides is 1. The highest BCUT2D eigenvalue weighted by Gasteiger charge is 2.25. The molecule has 0 radical (unpaired) electrons. The van der Waals surface area contributed by atoms with Crippen LogP contribution in [0.25, 0.3) is 6.08 Å². The van der Waals surface area contributed by atoms with Crippen LogP contribution in [0.5, 0.6) is 11.5 Å². The third kappa shape index (κ3) is 4.64. The molecule has 3 rings (SSSR count). The van der Waals surface area contributed by atoms with Crippen LogP contribution in [0.15, 0.2) is 28.2 Å². The van der Waals surface area contributed by atoms with Gasteiger partial charge in [-0.05, 0) is 30.8 Å². The van der Waals surface area contributed by atoms with Crippen molar-refractivity contribution in [3.05, 3.63) is 39.2 Å². The highest BCUT2D eigenvalue weighted by atomic mass is 35.5. The lowest BCUT2D eigenvalue weighted by atomic mass is 10.1. The Morgan fingerprint density at radius 2 is 2.18 bits per heavy atom. The van der Waals surface area contributed by atoms with Crippen molar-refractivity contribution < 1.29 is 19.4 Å². The highest BCUT2D eigenvalue weighted by molar-refractivity contribution is 8.18. The molecule has 0 aliphatic carbocycles. The minimum atomic E-state index is -0.331. The molecule has 1 fully saturated rings. The first-order chi connectivity index (χ1) is 12.9. The van der Waals surface area contributed by atoms with E-state index in [1.165, 1.54) is 25.4 Å². The van der Waals surface area contributed by atoms with E-state index in [2.05, 4.69) is 20.8 Å². The predicted octanol–water partition coefficient (Wildman–Crippen LogP) is 3.38. The summed E-state index contributed by atoms with van der Waals surface area (Å²) in [7, 11) is 1.46. The number of hydrogen-bond acceptors (Lipinski definition) is 9. The summed E-state index contributed by atoms with van der Waals surface area (Å²) in [5, 5.41) is 17.7. The summed E-state index contributed by atoms with van der Waals surface area (Å²) in [6.45, 7) is 3.23. The number of amidine groups is 1. The van der Waals surface area contributed by atoms with Crippen molar-refractivity contribution >= 4 is 63.6 Å². The van der Waals surface area contributed by atoms with Gasteiger partial charge < -0.3 is 9.84 Å². The van der Waals surface area contributed by atoms with Gasteiger partial charge in [0.25, 0.3) is 5.91 Å². The van der Waals surface area contributed by atoms with Gasteiger partial charge in [0.05, 0.1) is 22.6 Å².